The van der Waals surface area contributed by atoms with Crippen LogP contribution in [-0.4, -0.2) is 13.9 Å². The Morgan fingerprint density at radius 3 is 2.27 bits per heavy atom. The summed E-state index contributed by atoms with van der Waals surface area (Å²) in [5, 5.41) is 2.46. The van der Waals surface area contributed by atoms with Crippen LogP contribution in [0.3, 0.4) is 0 Å². The highest BCUT2D eigenvalue weighted by Crippen LogP contribution is 2.16. The zero-order valence-electron chi connectivity index (χ0n) is 9.71. The van der Waals surface area contributed by atoms with E-state index in [1.807, 2.05) is 18.2 Å². The zero-order valence-corrected chi connectivity index (χ0v) is 10.7. The molecule has 0 saturated heterocycles. The molecule has 0 aliphatic carbocycles. The third-order valence-corrected chi connectivity index (χ3v) is 6.56. The van der Waals surface area contributed by atoms with Gasteiger partial charge in [-0.25, -0.2) is 0 Å². The third kappa shape index (κ3) is 2.90. The summed E-state index contributed by atoms with van der Waals surface area (Å²) in [4.78, 5) is 11.1. The fourth-order valence-corrected chi connectivity index (χ4v) is 3.71. The van der Waals surface area contributed by atoms with Crippen LogP contribution in [0.2, 0.25) is 13.1 Å². The quantitative estimate of drug-likeness (QED) is 0.710. The van der Waals surface area contributed by atoms with Crippen molar-refractivity contribution in [2.24, 2.45) is 0 Å². The van der Waals surface area contributed by atoms with Gasteiger partial charge in [0.05, 0.1) is 0 Å². The Morgan fingerprint density at radius 2 is 1.80 bits per heavy atom. The van der Waals surface area contributed by atoms with Crippen LogP contribution in [0.5, 0.6) is 0 Å². The Balaban J connectivity index is 2.92. The number of hydrogen-bond donors (Lipinski definition) is 0. The monoisotopic (exact) mass is 218 g/mol. The molecule has 0 spiro atoms. The molecule has 0 fully saturated rings. The molecule has 0 aromatic heterocycles. The number of ketones is 1. The number of carbonyl (C=O) groups is 1. The summed E-state index contributed by atoms with van der Waals surface area (Å²) in [6.07, 6.45) is 0.522. The molecule has 1 aromatic rings. The Kier molecular flexibility index (Phi) is 3.64. The minimum atomic E-state index is -1.66. The van der Waals surface area contributed by atoms with Crippen molar-refractivity contribution in [1.82, 2.24) is 0 Å². The molecule has 0 heterocycles. The minimum Gasteiger partial charge on any atom is -0.300 e. The first kappa shape index (κ1) is 11.9. The summed E-state index contributed by atoms with van der Waals surface area (Å²) in [6.45, 7) is 10.2. The van der Waals surface area contributed by atoms with Crippen LogP contribution in [0.1, 0.15) is 13.3 Å². The van der Waals surface area contributed by atoms with E-state index in [1.54, 1.807) is 6.92 Å². The molecule has 0 amide bonds. The average molecular weight is 218 g/mol. The molecular formula is C13H18OSi. The van der Waals surface area contributed by atoms with E-state index in [-0.39, 0.29) is 5.78 Å². The number of carbonyl (C=O) groups excluding carboxylic acids is 1. The second kappa shape index (κ2) is 4.58. The van der Waals surface area contributed by atoms with E-state index in [0.717, 1.165) is 5.20 Å². The molecule has 2 heteroatoms. The van der Waals surface area contributed by atoms with Gasteiger partial charge in [-0.1, -0.05) is 53.8 Å². The summed E-state index contributed by atoms with van der Waals surface area (Å²) in [5.41, 5.74) is 0. The van der Waals surface area contributed by atoms with E-state index >= 15 is 0 Å². The van der Waals surface area contributed by atoms with Crippen molar-refractivity contribution in [1.29, 1.82) is 0 Å². The van der Waals surface area contributed by atoms with E-state index in [9.17, 15) is 4.79 Å². The van der Waals surface area contributed by atoms with Gasteiger partial charge in [-0.15, -0.1) is 6.58 Å². The highest BCUT2D eigenvalue weighted by Gasteiger charge is 2.26. The van der Waals surface area contributed by atoms with Crippen LogP contribution in [0, 0.1) is 0 Å². The van der Waals surface area contributed by atoms with Gasteiger partial charge in [0.2, 0.25) is 0 Å². The predicted octanol–water partition coefficient (Wildman–Crippen LogP) is 2.68. The molecule has 0 unspecified atom stereocenters. The molecule has 1 aromatic carbocycles. The molecule has 15 heavy (non-hydrogen) atoms. The van der Waals surface area contributed by atoms with E-state index < -0.39 is 8.07 Å². The van der Waals surface area contributed by atoms with Gasteiger partial charge in [0.1, 0.15) is 13.9 Å². The predicted molar refractivity (Wildman–Crippen MR) is 68.0 cm³/mol. The summed E-state index contributed by atoms with van der Waals surface area (Å²) in [7, 11) is -1.66. The Morgan fingerprint density at radius 1 is 1.27 bits per heavy atom. The SMILES string of the molecule is C=C(CC(C)=O)[Si](C)(C)c1ccccc1. The lowest BCUT2D eigenvalue weighted by Gasteiger charge is -2.25. The van der Waals surface area contributed by atoms with Crippen LogP contribution in [-0.2, 0) is 4.79 Å². The van der Waals surface area contributed by atoms with E-state index in [2.05, 4.69) is 31.8 Å². The van der Waals surface area contributed by atoms with Crippen LogP contribution < -0.4 is 5.19 Å². The first-order valence-electron chi connectivity index (χ1n) is 5.18. The second-order valence-electron chi connectivity index (χ2n) is 4.47. The van der Waals surface area contributed by atoms with Gasteiger partial charge >= 0.3 is 0 Å². The summed E-state index contributed by atoms with van der Waals surface area (Å²) >= 11 is 0. The van der Waals surface area contributed by atoms with Crippen molar-refractivity contribution in [3.63, 3.8) is 0 Å². The van der Waals surface area contributed by atoms with Crippen molar-refractivity contribution >= 4 is 19.0 Å². The molecule has 1 nitrogen and oxygen atoms in total. The van der Waals surface area contributed by atoms with Gasteiger partial charge < -0.3 is 0 Å². The molecular weight excluding hydrogens is 200 g/mol. The molecule has 80 valence electrons. The van der Waals surface area contributed by atoms with Crippen molar-refractivity contribution in [2.75, 3.05) is 0 Å². The normalized spacial score (nSPS) is 11.1. The lowest BCUT2D eigenvalue weighted by Crippen LogP contribution is -2.43. The first-order chi connectivity index (χ1) is 6.94. The Bertz CT molecular complexity index is 365. The van der Waals surface area contributed by atoms with Gasteiger partial charge in [-0.05, 0) is 6.92 Å². The molecule has 0 saturated carbocycles. The zero-order chi connectivity index (χ0) is 11.5. The Hall–Kier alpha value is -1.15. The number of rotatable bonds is 4. The maximum Gasteiger partial charge on any atom is 0.133 e. The van der Waals surface area contributed by atoms with E-state index in [1.165, 1.54) is 5.19 Å². The van der Waals surface area contributed by atoms with Crippen LogP contribution in [0.4, 0.5) is 0 Å². The number of Topliss-reactive ketones (excluding diaryl/α,β-unsaturated/α-hetero) is 1. The molecule has 1 rings (SSSR count). The topological polar surface area (TPSA) is 17.1 Å². The minimum absolute atomic E-state index is 0.205. The van der Waals surface area contributed by atoms with Crippen molar-refractivity contribution in [3.05, 3.63) is 42.1 Å². The molecule has 0 bridgehead atoms. The van der Waals surface area contributed by atoms with Gasteiger partial charge in [-0.3, -0.25) is 4.79 Å². The molecule has 0 aliphatic rings. The lowest BCUT2D eigenvalue weighted by molar-refractivity contribution is -0.116. The summed E-state index contributed by atoms with van der Waals surface area (Å²) in [5.74, 6) is 0.205. The maximum atomic E-state index is 11.1. The van der Waals surface area contributed by atoms with Crippen LogP contribution >= 0.6 is 0 Å². The largest absolute Gasteiger partial charge is 0.300 e. The Labute approximate surface area is 92.8 Å². The van der Waals surface area contributed by atoms with Crippen LogP contribution in [0.15, 0.2) is 42.1 Å². The maximum absolute atomic E-state index is 11.1. The molecule has 0 atom stereocenters. The smallest absolute Gasteiger partial charge is 0.133 e. The fourth-order valence-electron chi connectivity index (χ4n) is 1.58. The first-order valence-corrected chi connectivity index (χ1v) is 8.18. The van der Waals surface area contributed by atoms with E-state index in [4.69, 9.17) is 0 Å². The van der Waals surface area contributed by atoms with Crippen molar-refractivity contribution < 1.29 is 4.79 Å². The number of allylic oxidation sites excluding steroid dienone is 1. The second-order valence-corrected chi connectivity index (χ2v) is 9.01. The van der Waals surface area contributed by atoms with E-state index in [0.29, 0.717) is 6.42 Å². The molecule has 0 radical (unpaired) electrons. The van der Waals surface area contributed by atoms with Crippen molar-refractivity contribution in [2.45, 2.75) is 26.4 Å². The highest BCUT2D eigenvalue weighted by molar-refractivity contribution is 6.95. The van der Waals surface area contributed by atoms with Gasteiger partial charge in [-0.2, -0.15) is 0 Å². The molecule has 0 aliphatic heterocycles. The summed E-state index contributed by atoms with van der Waals surface area (Å²) < 4.78 is 0. The lowest BCUT2D eigenvalue weighted by atomic mass is 10.3. The summed E-state index contributed by atoms with van der Waals surface area (Å²) in [6, 6.07) is 10.4. The van der Waals surface area contributed by atoms with Crippen LogP contribution in [0.25, 0.3) is 0 Å². The van der Waals surface area contributed by atoms with Gasteiger partial charge in [0.25, 0.3) is 0 Å². The molecule has 0 N–H and O–H groups in total. The number of hydrogen-bond acceptors (Lipinski definition) is 1. The van der Waals surface area contributed by atoms with Gasteiger partial charge in [0.15, 0.2) is 0 Å². The fraction of sp³-hybridized carbons (Fsp3) is 0.308. The van der Waals surface area contributed by atoms with Crippen molar-refractivity contribution in [3.8, 4) is 0 Å². The highest BCUT2D eigenvalue weighted by atomic mass is 28.3. The third-order valence-electron chi connectivity index (χ3n) is 2.84. The standard InChI is InChI=1S/C13H18OSi/c1-11(14)10-12(2)15(3,4)13-8-6-5-7-9-13/h5-9H,2,10H2,1,3-4H3. The van der Waals surface area contributed by atoms with Gasteiger partial charge in [0, 0.05) is 6.42 Å². The number of benzene rings is 1. The average Bonchev–Trinajstić information content (AvgIpc) is 2.18.